The van der Waals surface area contributed by atoms with Crippen LogP contribution in [-0.4, -0.2) is 96.7 Å². The third-order valence-corrected chi connectivity index (χ3v) is 18.6. The van der Waals surface area contributed by atoms with Crippen LogP contribution in [0.5, 0.6) is 0 Å². The lowest BCUT2D eigenvalue weighted by molar-refractivity contribution is -0.161. The van der Waals surface area contributed by atoms with Crippen molar-refractivity contribution in [2.45, 2.75) is 316 Å². The number of unbranched alkanes of at least 4 members (excludes halogenated alkanes) is 17. The summed E-state index contributed by atoms with van der Waals surface area (Å²) in [5.74, 6) is -2.49. The number of phosphoric ester groups is 2. The fraction of sp³-hybridized carbons (Fsp3) is 0.591. The van der Waals surface area contributed by atoms with Crippen molar-refractivity contribution in [3.05, 3.63) is 207 Å². The summed E-state index contributed by atoms with van der Waals surface area (Å²) in [7, 11) is -10.1. The van der Waals surface area contributed by atoms with Crippen LogP contribution in [0.1, 0.15) is 297 Å². The summed E-state index contributed by atoms with van der Waals surface area (Å²) in [4.78, 5) is 73.1. The molecule has 0 spiro atoms. The third-order valence-electron chi connectivity index (χ3n) is 16.7. The molecule has 0 aromatic rings. The molecule has 0 aromatic heterocycles. The van der Waals surface area contributed by atoms with E-state index in [2.05, 4.69) is 180 Å². The highest BCUT2D eigenvalue weighted by molar-refractivity contribution is 7.47. The van der Waals surface area contributed by atoms with Crippen molar-refractivity contribution in [1.82, 2.24) is 0 Å². The quantitative estimate of drug-likeness (QED) is 0.0169. The first-order valence-electron chi connectivity index (χ1n) is 42.3. The molecule has 0 heterocycles. The number of hydrogen-bond donors (Lipinski definition) is 3. The standard InChI is InChI=1S/C93H148O17P2/c1-5-9-13-17-21-25-29-33-37-40-43-46-50-54-58-62-66-70-74-78-91(96)104-84-89(110-93(98)80-76-72-68-64-60-56-52-48-45-42-39-35-31-27-23-19-15-11-7-3)86-108-112(101,102)106-82-87(94)81-105-111(99,100)107-85-88(83-103-90(95)77-73-69-65-61-57-53-49-36-32-28-24-20-16-12-8-4)109-92(97)79-75-71-67-63-59-55-51-47-44-41-38-34-30-26-22-18-14-10-6-2/h9,13,21-23,25-28,32-35,37-39,43-48,54-56,58-60,66-68,70-72,87-89,94H,5-8,10-12,14-20,24,29-31,36,40-42,49-53,57,61-65,69,73-86H2,1-4H3,(H,99,100)(H,101,102)/b13-9-,25-21-,26-22-,27-23-,32-28-,37-33-,38-34-,39-35-,46-43-,47-44-,48-45-,58-54-,59-55-,60-56-,70-66-,71-67-,72-68-/t87-,88+,89+/m0/s1. The van der Waals surface area contributed by atoms with Gasteiger partial charge in [0.2, 0.25) is 0 Å². The molecule has 3 N–H and O–H groups in total. The summed E-state index contributed by atoms with van der Waals surface area (Å²) >= 11 is 0. The van der Waals surface area contributed by atoms with Crippen LogP contribution in [0, 0.1) is 0 Å². The number of carbonyl (C=O) groups excluding carboxylic acids is 4. The Morgan fingerprint density at radius 3 is 0.795 bits per heavy atom. The van der Waals surface area contributed by atoms with E-state index in [-0.39, 0.29) is 25.7 Å². The lowest BCUT2D eigenvalue weighted by Gasteiger charge is -2.21. The minimum Gasteiger partial charge on any atom is -0.462 e. The number of phosphoric acid groups is 2. The van der Waals surface area contributed by atoms with Gasteiger partial charge < -0.3 is 33.8 Å². The van der Waals surface area contributed by atoms with Gasteiger partial charge in [0.1, 0.15) is 19.3 Å². The first-order valence-corrected chi connectivity index (χ1v) is 45.3. The van der Waals surface area contributed by atoms with Crippen LogP contribution >= 0.6 is 15.6 Å². The highest BCUT2D eigenvalue weighted by Gasteiger charge is 2.30. The van der Waals surface area contributed by atoms with E-state index in [0.717, 1.165) is 135 Å². The lowest BCUT2D eigenvalue weighted by atomic mass is 10.1. The summed E-state index contributed by atoms with van der Waals surface area (Å²) in [6, 6.07) is 0. The van der Waals surface area contributed by atoms with Gasteiger partial charge in [-0.1, -0.05) is 311 Å². The van der Waals surface area contributed by atoms with Crippen molar-refractivity contribution >= 4 is 39.5 Å². The van der Waals surface area contributed by atoms with Gasteiger partial charge in [-0.3, -0.25) is 37.3 Å². The van der Waals surface area contributed by atoms with Gasteiger partial charge in [-0.05, 0) is 167 Å². The second kappa shape index (κ2) is 82.6. The van der Waals surface area contributed by atoms with Crippen molar-refractivity contribution < 1.29 is 80.2 Å². The van der Waals surface area contributed by atoms with Gasteiger partial charge in [0.25, 0.3) is 0 Å². The average molecular weight is 1600 g/mol. The molecule has 0 saturated heterocycles. The van der Waals surface area contributed by atoms with Crippen molar-refractivity contribution in [3.8, 4) is 0 Å². The summed E-state index contributed by atoms with van der Waals surface area (Å²) < 4.78 is 68.5. The fourth-order valence-electron chi connectivity index (χ4n) is 10.3. The fourth-order valence-corrected chi connectivity index (χ4v) is 11.9. The predicted molar refractivity (Wildman–Crippen MR) is 463 cm³/mol. The summed E-state index contributed by atoms with van der Waals surface area (Å²) in [5, 5.41) is 10.7. The topological polar surface area (TPSA) is 237 Å². The normalized spacial score (nSPS) is 14.8. The predicted octanol–water partition coefficient (Wildman–Crippen LogP) is 25.4. The van der Waals surface area contributed by atoms with Crippen LogP contribution in [0.2, 0.25) is 0 Å². The number of rotatable bonds is 77. The molecule has 0 aliphatic heterocycles. The highest BCUT2D eigenvalue weighted by atomic mass is 31.2. The minimum absolute atomic E-state index is 0.0103. The van der Waals surface area contributed by atoms with Crippen LogP contribution in [0.15, 0.2) is 207 Å². The zero-order valence-corrected chi connectivity index (χ0v) is 71.0. The molecule has 17 nitrogen and oxygen atoms in total. The maximum Gasteiger partial charge on any atom is 0.472 e. The lowest BCUT2D eigenvalue weighted by Crippen LogP contribution is -2.30. The molecule has 2 unspecified atom stereocenters. The van der Waals surface area contributed by atoms with Gasteiger partial charge in [-0.15, -0.1) is 0 Å². The van der Waals surface area contributed by atoms with Crippen LogP contribution in [0.3, 0.4) is 0 Å². The second-order valence-electron chi connectivity index (χ2n) is 27.3. The molecule has 0 aliphatic carbocycles. The monoisotopic (exact) mass is 1600 g/mol. The first kappa shape index (κ1) is 106. The van der Waals surface area contributed by atoms with E-state index in [0.29, 0.717) is 44.9 Å². The molecule has 5 atom stereocenters. The molecule has 0 aliphatic rings. The van der Waals surface area contributed by atoms with E-state index in [1.807, 2.05) is 54.7 Å². The Morgan fingerprint density at radius 1 is 0.259 bits per heavy atom. The van der Waals surface area contributed by atoms with Gasteiger partial charge in [0.15, 0.2) is 12.2 Å². The van der Waals surface area contributed by atoms with E-state index in [9.17, 15) is 43.2 Å². The molecule has 0 fully saturated rings. The van der Waals surface area contributed by atoms with Crippen LogP contribution in [0.25, 0.3) is 0 Å². The Balaban J connectivity index is 5.61. The number of esters is 4. The summed E-state index contributed by atoms with van der Waals surface area (Å²) in [6.45, 7) is 4.42. The Morgan fingerprint density at radius 2 is 0.482 bits per heavy atom. The third kappa shape index (κ3) is 81.6. The molecule has 0 rings (SSSR count). The van der Waals surface area contributed by atoms with Crippen molar-refractivity contribution in [1.29, 1.82) is 0 Å². The maximum absolute atomic E-state index is 13.1. The summed E-state index contributed by atoms with van der Waals surface area (Å²) in [5.41, 5.74) is 0. The van der Waals surface area contributed by atoms with Gasteiger partial charge in [-0.2, -0.15) is 0 Å². The zero-order valence-electron chi connectivity index (χ0n) is 69.3. The molecular weight excluding hydrogens is 1450 g/mol. The number of aliphatic hydroxyl groups is 1. The van der Waals surface area contributed by atoms with E-state index < -0.39 is 97.5 Å². The van der Waals surface area contributed by atoms with Gasteiger partial charge in [0.05, 0.1) is 26.4 Å². The van der Waals surface area contributed by atoms with Gasteiger partial charge >= 0.3 is 39.5 Å². The van der Waals surface area contributed by atoms with Crippen LogP contribution in [-0.2, 0) is 65.4 Å². The minimum atomic E-state index is -5.04. The smallest absolute Gasteiger partial charge is 0.462 e. The summed E-state index contributed by atoms with van der Waals surface area (Å²) in [6.07, 6.45) is 104. The first-order chi connectivity index (χ1) is 54.7. The maximum atomic E-state index is 13.1. The molecule has 0 amide bonds. The second-order valence-corrected chi connectivity index (χ2v) is 30.2. The Hall–Kier alpha value is -6.36. The number of allylic oxidation sites excluding steroid dienone is 34. The Labute approximate surface area is 678 Å². The highest BCUT2D eigenvalue weighted by Crippen LogP contribution is 2.45. The van der Waals surface area contributed by atoms with Crippen molar-refractivity contribution in [3.63, 3.8) is 0 Å². The van der Waals surface area contributed by atoms with E-state index in [4.69, 9.17) is 37.0 Å². The molecule has 632 valence electrons. The van der Waals surface area contributed by atoms with Crippen molar-refractivity contribution in [2.75, 3.05) is 39.6 Å². The molecule has 19 heteroatoms. The molecule has 0 bridgehead atoms. The number of aliphatic hydroxyl groups excluding tert-OH is 1. The van der Waals surface area contributed by atoms with Gasteiger partial charge in [0, 0.05) is 25.7 Å². The van der Waals surface area contributed by atoms with E-state index >= 15 is 0 Å². The van der Waals surface area contributed by atoms with Gasteiger partial charge in [-0.25, -0.2) is 9.13 Å². The van der Waals surface area contributed by atoms with E-state index in [1.165, 1.54) is 64.2 Å². The van der Waals surface area contributed by atoms with E-state index in [1.54, 1.807) is 0 Å². The number of hydrogen-bond acceptors (Lipinski definition) is 15. The zero-order chi connectivity index (χ0) is 81.7. The molecular formula is C93H148O17P2. The number of ether oxygens (including phenoxy) is 4. The Kier molecular flexibility index (Phi) is 77.9. The van der Waals surface area contributed by atoms with Crippen LogP contribution in [0.4, 0.5) is 0 Å². The molecule has 0 aromatic carbocycles. The number of carbonyl (C=O) groups is 4. The molecule has 0 saturated carbocycles. The average Bonchev–Trinajstić information content (AvgIpc) is 0.908. The van der Waals surface area contributed by atoms with Crippen molar-refractivity contribution in [2.24, 2.45) is 0 Å². The molecule has 0 radical (unpaired) electrons. The largest absolute Gasteiger partial charge is 0.472 e. The van der Waals surface area contributed by atoms with Crippen LogP contribution < -0.4 is 0 Å². The molecule has 112 heavy (non-hydrogen) atoms. The SMILES string of the molecule is CC/C=C\C/C=C\C/C=C\C/C=C\C/C=C\C/C=C\CCC(=O)OC[C@H](COP(=O)(O)OC[C@@H](O)COP(=O)(O)OC[C@@H](COC(=O)CCCCCCCCC/C=C\CCCCCC)OC(=O)CC/C=C\C/C=C\C/C=C\C/C=C\C/C=C\CCCCC)OC(=O)CC/C=C\C/C=C\C/C=C\C/C=C\C/C=C\CCCCC. The Bertz CT molecular complexity index is 2940.